The summed E-state index contributed by atoms with van der Waals surface area (Å²) in [6.07, 6.45) is 4.67. The van der Waals surface area contributed by atoms with Crippen molar-refractivity contribution < 1.29 is 0 Å². The van der Waals surface area contributed by atoms with Gasteiger partial charge >= 0.3 is 0 Å². The van der Waals surface area contributed by atoms with Gasteiger partial charge in [-0.25, -0.2) is 0 Å². The molecule has 0 fully saturated rings. The Morgan fingerprint density at radius 3 is 3.00 bits per heavy atom. The van der Waals surface area contributed by atoms with E-state index in [4.69, 9.17) is 16.9 Å². The molecule has 5 heteroatoms. The maximum atomic E-state index is 8.98. The number of hydrogen-bond acceptors (Lipinski definition) is 3. The molecule has 0 atom stereocenters. The summed E-state index contributed by atoms with van der Waals surface area (Å²) in [4.78, 5) is 0. The van der Waals surface area contributed by atoms with Crippen LogP contribution in [0, 0.1) is 11.3 Å². The molecule has 0 amide bonds. The van der Waals surface area contributed by atoms with Crippen molar-refractivity contribution in [2.45, 2.75) is 6.42 Å². The van der Waals surface area contributed by atoms with Crippen molar-refractivity contribution in [2.24, 2.45) is 7.05 Å². The maximum Gasteiger partial charge on any atom is 0.101 e. The fourth-order valence-electron chi connectivity index (χ4n) is 1.70. The molecule has 2 aromatic rings. The number of anilines is 1. The van der Waals surface area contributed by atoms with Gasteiger partial charge in [0.25, 0.3) is 0 Å². The third-order valence-electron chi connectivity index (χ3n) is 2.59. The van der Waals surface area contributed by atoms with Crippen molar-refractivity contribution in [3.63, 3.8) is 0 Å². The lowest BCUT2D eigenvalue weighted by molar-refractivity contribution is 0.767. The van der Waals surface area contributed by atoms with Crippen LogP contribution in [0.1, 0.15) is 11.1 Å². The number of aryl methyl sites for hydroxylation is 1. The molecular formula is C13H13ClN4. The molecule has 0 unspecified atom stereocenters. The van der Waals surface area contributed by atoms with E-state index in [1.165, 1.54) is 0 Å². The molecule has 4 nitrogen and oxygen atoms in total. The van der Waals surface area contributed by atoms with Crippen LogP contribution in [0.3, 0.4) is 0 Å². The highest BCUT2D eigenvalue weighted by molar-refractivity contribution is 6.30. The molecule has 0 saturated carbocycles. The fraction of sp³-hybridized carbons (Fsp3) is 0.231. The molecule has 0 aliphatic heterocycles. The van der Waals surface area contributed by atoms with E-state index in [1.54, 1.807) is 22.9 Å². The van der Waals surface area contributed by atoms with Crippen LogP contribution in [0.4, 0.5) is 5.69 Å². The van der Waals surface area contributed by atoms with E-state index < -0.39 is 0 Å². The molecule has 0 radical (unpaired) electrons. The van der Waals surface area contributed by atoms with Gasteiger partial charge < -0.3 is 5.32 Å². The summed E-state index contributed by atoms with van der Waals surface area (Å²) in [6, 6.07) is 7.34. The second kappa shape index (κ2) is 5.56. The average Bonchev–Trinajstić information content (AvgIpc) is 2.75. The third-order valence-corrected chi connectivity index (χ3v) is 2.82. The van der Waals surface area contributed by atoms with Crippen LogP contribution in [0.15, 0.2) is 30.6 Å². The van der Waals surface area contributed by atoms with Gasteiger partial charge in [0.15, 0.2) is 0 Å². The summed E-state index contributed by atoms with van der Waals surface area (Å²) in [5.74, 6) is 0. The van der Waals surface area contributed by atoms with E-state index in [1.807, 2.05) is 19.4 Å². The minimum Gasteiger partial charge on any atom is -0.384 e. The zero-order valence-corrected chi connectivity index (χ0v) is 10.8. The Balaban J connectivity index is 1.98. The third kappa shape index (κ3) is 3.02. The second-order valence-electron chi connectivity index (χ2n) is 4.00. The first-order valence-corrected chi connectivity index (χ1v) is 5.98. The van der Waals surface area contributed by atoms with Gasteiger partial charge in [0.1, 0.15) is 6.07 Å². The molecular weight excluding hydrogens is 248 g/mol. The molecule has 2 rings (SSSR count). The summed E-state index contributed by atoms with van der Waals surface area (Å²) in [5.41, 5.74) is 2.53. The summed E-state index contributed by atoms with van der Waals surface area (Å²) in [6.45, 7) is 0.737. The van der Waals surface area contributed by atoms with Gasteiger partial charge in [0, 0.05) is 24.8 Å². The Labute approximate surface area is 111 Å². The van der Waals surface area contributed by atoms with Crippen LogP contribution in [0.25, 0.3) is 0 Å². The first-order chi connectivity index (χ1) is 8.69. The Morgan fingerprint density at radius 2 is 2.33 bits per heavy atom. The highest BCUT2D eigenvalue weighted by Gasteiger charge is 2.02. The first-order valence-electron chi connectivity index (χ1n) is 5.60. The molecule has 1 N–H and O–H groups in total. The van der Waals surface area contributed by atoms with E-state index in [-0.39, 0.29) is 0 Å². The molecule has 92 valence electrons. The number of nitrogens with zero attached hydrogens (tertiary/aromatic N) is 3. The van der Waals surface area contributed by atoms with E-state index in [9.17, 15) is 0 Å². The number of halogens is 1. The predicted molar refractivity (Wildman–Crippen MR) is 71.6 cm³/mol. The van der Waals surface area contributed by atoms with E-state index in [0.29, 0.717) is 10.6 Å². The first kappa shape index (κ1) is 12.5. The van der Waals surface area contributed by atoms with Gasteiger partial charge in [-0.15, -0.1) is 0 Å². The van der Waals surface area contributed by atoms with Gasteiger partial charge in [-0.05, 0) is 30.2 Å². The largest absolute Gasteiger partial charge is 0.384 e. The van der Waals surface area contributed by atoms with E-state index >= 15 is 0 Å². The molecule has 1 aromatic heterocycles. The summed E-state index contributed by atoms with van der Waals surface area (Å²) >= 11 is 5.91. The van der Waals surface area contributed by atoms with E-state index in [0.717, 1.165) is 24.2 Å². The van der Waals surface area contributed by atoms with Crippen LogP contribution >= 0.6 is 11.6 Å². The van der Waals surface area contributed by atoms with Gasteiger partial charge in [-0.2, -0.15) is 10.4 Å². The lowest BCUT2D eigenvalue weighted by atomic mass is 10.2. The van der Waals surface area contributed by atoms with E-state index in [2.05, 4.69) is 16.5 Å². The van der Waals surface area contributed by atoms with Crippen LogP contribution in [-0.2, 0) is 13.5 Å². The number of benzene rings is 1. The zero-order valence-electron chi connectivity index (χ0n) is 10.0. The summed E-state index contributed by atoms with van der Waals surface area (Å²) < 4.78 is 1.77. The molecule has 0 saturated heterocycles. The quantitative estimate of drug-likeness (QED) is 0.919. The van der Waals surface area contributed by atoms with Crippen molar-refractivity contribution in [3.8, 4) is 6.07 Å². The van der Waals surface area contributed by atoms with Gasteiger partial charge in [0.2, 0.25) is 0 Å². The maximum absolute atomic E-state index is 8.98. The molecule has 1 aromatic carbocycles. The molecule has 0 aliphatic carbocycles. The monoisotopic (exact) mass is 260 g/mol. The number of nitriles is 1. The SMILES string of the molecule is Cn1cc(CCNc2cc(Cl)ccc2C#N)cn1. The van der Waals surface area contributed by atoms with Crippen LogP contribution < -0.4 is 5.32 Å². The highest BCUT2D eigenvalue weighted by Crippen LogP contribution is 2.20. The van der Waals surface area contributed by atoms with Gasteiger partial charge in [-0.1, -0.05) is 11.6 Å². The molecule has 18 heavy (non-hydrogen) atoms. The highest BCUT2D eigenvalue weighted by atomic mass is 35.5. The summed E-state index contributed by atoms with van der Waals surface area (Å²) in [7, 11) is 1.89. The standard InChI is InChI=1S/C13H13ClN4/c1-18-9-10(8-17-18)4-5-16-13-6-12(14)3-2-11(13)7-15/h2-3,6,8-9,16H,4-5H2,1H3. The Hall–Kier alpha value is -1.99. The lowest BCUT2D eigenvalue weighted by Gasteiger charge is -2.07. The van der Waals surface area contributed by atoms with Crippen molar-refractivity contribution >= 4 is 17.3 Å². The van der Waals surface area contributed by atoms with Crippen molar-refractivity contribution in [1.82, 2.24) is 9.78 Å². The van der Waals surface area contributed by atoms with Crippen LogP contribution in [-0.4, -0.2) is 16.3 Å². The Kier molecular flexibility index (Phi) is 3.85. The minimum absolute atomic E-state index is 0.602. The average molecular weight is 261 g/mol. The Bertz CT molecular complexity index is 583. The second-order valence-corrected chi connectivity index (χ2v) is 4.44. The van der Waals surface area contributed by atoms with Gasteiger partial charge in [-0.3, -0.25) is 4.68 Å². The normalized spacial score (nSPS) is 10.1. The van der Waals surface area contributed by atoms with Gasteiger partial charge in [0.05, 0.1) is 17.4 Å². The molecule has 0 spiro atoms. The molecule has 0 bridgehead atoms. The van der Waals surface area contributed by atoms with Crippen molar-refractivity contribution in [3.05, 3.63) is 46.7 Å². The van der Waals surface area contributed by atoms with Crippen molar-refractivity contribution in [2.75, 3.05) is 11.9 Å². The van der Waals surface area contributed by atoms with Crippen LogP contribution in [0.5, 0.6) is 0 Å². The number of hydrogen-bond donors (Lipinski definition) is 1. The number of nitrogens with one attached hydrogen (secondary N) is 1. The molecule has 0 aliphatic rings. The fourth-order valence-corrected chi connectivity index (χ4v) is 1.87. The van der Waals surface area contributed by atoms with Crippen LogP contribution in [0.2, 0.25) is 5.02 Å². The minimum atomic E-state index is 0.602. The lowest BCUT2D eigenvalue weighted by Crippen LogP contribution is -2.05. The predicted octanol–water partition coefficient (Wildman–Crippen LogP) is 2.60. The topological polar surface area (TPSA) is 53.6 Å². The zero-order chi connectivity index (χ0) is 13.0. The molecule has 1 heterocycles. The smallest absolute Gasteiger partial charge is 0.101 e. The summed E-state index contributed by atoms with van der Waals surface area (Å²) in [5, 5.41) is 16.9. The number of aromatic nitrogens is 2. The Morgan fingerprint density at radius 1 is 1.50 bits per heavy atom. The number of rotatable bonds is 4. The van der Waals surface area contributed by atoms with Crippen molar-refractivity contribution in [1.29, 1.82) is 5.26 Å².